The summed E-state index contributed by atoms with van der Waals surface area (Å²) in [4.78, 5) is 44.4. The van der Waals surface area contributed by atoms with E-state index in [9.17, 15) is 19.6 Å². The van der Waals surface area contributed by atoms with Crippen LogP contribution < -0.4 is 14.4 Å². The summed E-state index contributed by atoms with van der Waals surface area (Å²) in [6, 6.07) is 15.5. The molecule has 4 aliphatic rings. The fourth-order valence-corrected chi connectivity index (χ4v) is 8.19. The van der Waals surface area contributed by atoms with E-state index in [0.29, 0.717) is 27.6 Å². The van der Waals surface area contributed by atoms with Crippen molar-refractivity contribution in [3.8, 4) is 17.6 Å². The second-order valence-electron chi connectivity index (χ2n) is 10.9. The van der Waals surface area contributed by atoms with Gasteiger partial charge in [-0.1, -0.05) is 30.3 Å². The number of benzene rings is 2. The average molecular weight is 551 g/mol. The summed E-state index contributed by atoms with van der Waals surface area (Å²) < 4.78 is 11.1. The van der Waals surface area contributed by atoms with Gasteiger partial charge < -0.3 is 9.47 Å². The first-order chi connectivity index (χ1) is 19.4. The topological polar surface area (TPSA) is 96.7 Å². The summed E-state index contributed by atoms with van der Waals surface area (Å²) in [5.41, 5.74) is 4.65. The number of amides is 2. The molecule has 2 amide bonds. The molecule has 7 nitrogen and oxygen atoms in total. The van der Waals surface area contributed by atoms with Crippen LogP contribution >= 0.6 is 11.3 Å². The van der Waals surface area contributed by atoms with Crippen molar-refractivity contribution in [1.29, 1.82) is 5.26 Å². The maximum atomic E-state index is 14.3. The van der Waals surface area contributed by atoms with Crippen LogP contribution in [0, 0.1) is 36.0 Å². The van der Waals surface area contributed by atoms with Gasteiger partial charge in [0.25, 0.3) is 0 Å². The Bertz CT molecular complexity index is 1680. The number of nitrogens with zero attached hydrogens (tertiary/aromatic N) is 2. The Morgan fingerprint density at radius 3 is 2.52 bits per heavy atom. The number of ether oxygens (including phenoxy) is 2. The Hall–Kier alpha value is -4.22. The maximum Gasteiger partial charge on any atom is 0.319 e. The van der Waals surface area contributed by atoms with Crippen molar-refractivity contribution in [2.45, 2.75) is 38.5 Å². The highest BCUT2D eigenvalue weighted by Crippen LogP contribution is 2.56. The van der Waals surface area contributed by atoms with Crippen molar-refractivity contribution in [1.82, 2.24) is 0 Å². The lowest BCUT2D eigenvalue weighted by Gasteiger charge is -2.38. The van der Waals surface area contributed by atoms with Crippen molar-refractivity contribution in [2.75, 3.05) is 12.0 Å². The van der Waals surface area contributed by atoms with Crippen LogP contribution in [0.3, 0.4) is 0 Å². The second-order valence-corrected chi connectivity index (χ2v) is 12.0. The summed E-state index contributed by atoms with van der Waals surface area (Å²) in [5, 5.41) is 10.5. The van der Waals surface area contributed by atoms with Crippen molar-refractivity contribution in [3.05, 3.63) is 81.2 Å². The van der Waals surface area contributed by atoms with E-state index in [4.69, 9.17) is 9.47 Å². The Kier molecular flexibility index (Phi) is 5.69. The summed E-state index contributed by atoms with van der Waals surface area (Å²) >= 11 is 1.37. The lowest BCUT2D eigenvalue weighted by Crippen LogP contribution is -2.42. The van der Waals surface area contributed by atoms with E-state index in [1.807, 2.05) is 55.5 Å². The number of rotatable bonds is 3. The first-order valence-electron chi connectivity index (χ1n) is 13.5. The molecule has 0 radical (unpaired) electrons. The highest BCUT2D eigenvalue weighted by molar-refractivity contribution is 7.17. The molecular formula is C32H26N2O5S. The van der Waals surface area contributed by atoms with Crippen LogP contribution in [0.15, 0.2) is 48.5 Å². The highest BCUT2D eigenvalue weighted by atomic mass is 32.1. The van der Waals surface area contributed by atoms with E-state index in [2.05, 4.69) is 6.07 Å². The number of carbonyl (C=O) groups excluding carboxylic acids is 3. The number of allylic oxidation sites excluding steroid dienone is 1. The first-order valence-corrected chi connectivity index (χ1v) is 14.3. The molecule has 0 saturated carbocycles. The number of thiophene rings is 1. The fourth-order valence-electron chi connectivity index (χ4n) is 6.84. The third-order valence-electron chi connectivity index (χ3n) is 8.72. The van der Waals surface area contributed by atoms with Crippen LogP contribution in [0.25, 0.3) is 5.57 Å². The normalized spacial score (nSPS) is 24.8. The summed E-state index contributed by atoms with van der Waals surface area (Å²) in [5.74, 6) is -3.29. The van der Waals surface area contributed by atoms with E-state index < -0.39 is 35.5 Å². The van der Waals surface area contributed by atoms with Gasteiger partial charge in [0.1, 0.15) is 22.6 Å². The molecule has 2 aliphatic carbocycles. The quantitative estimate of drug-likeness (QED) is 0.248. The predicted molar refractivity (Wildman–Crippen MR) is 149 cm³/mol. The lowest BCUT2D eigenvalue weighted by atomic mass is 9.64. The summed E-state index contributed by atoms with van der Waals surface area (Å²) in [7, 11) is 1.59. The Balaban J connectivity index is 1.41. The molecule has 8 heteroatoms. The molecule has 2 aromatic carbocycles. The zero-order valence-corrected chi connectivity index (χ0v) is 22.9. The third kappa shape index (κ3) is 3.50. The Morgan fingerprint density at radius 2 is 1.77 bits per heavy atom. The number of hydrogen-bond acceptors (Lipinski definition) is 7. The van der Waals surface area contributed by atoms with Gasteiger partial charge in [-0.05, 0) is 73.1 Å². The van der Waals surface area contributed by atoms with Crippen LogP contribution in [-0.4, -0.2) is 24.9 Å². The van der Waals surface area contributed by atoms with Gasteiger partial charge >= 0.3 is 5.97 Å². The van der Waals surface area contributed by atoms with Crippen molar-refractivity contribution < 1.29 is 23.9 Å². The van der Waals surface area contributed by atoms with E-state index >= 15 is 0 Å². The summed E-state index contributed by atoms with van der Waals surface area (Å²) in [6.07, 6.45) is 5.57. The number of imide groups is 1. The van der Waals surface area contributed by atoms with Crippen molar-refractivity contribution in [3.63, 3.8) is 0 Å². The van der Waals surface area contributed by atoms with Gasteiger partial charge in [0.2, 0.25) is 11.8 Å². The second kappa shape index (κ2) is 9.17. The minimum absolute atomic E-state index is 0.372. The Morgan fingerprint density at radius 1 is 1.02 bits per heavy atom. The SMILES string of the molecule is COc1ccc([C@@H]2C=C3c4ccc(C)cc4OC(=O)[C@@H]3[C@@H]3C(=O)N(c4sc5c(c4C#N)CCCC5)C(=O)[C@@H]32)cc1. The van der Waals surface area contributed by atoms with Crippen molar-refractivity contribution in [2.24, 2.45) is 17.8 Å². The molecule has 3 aromatic rings. The van der Waals surface area contributed by atoms with Gasteiger partial charge in [0, 0.05) is 16.4 Å². The molecular weight excluding hydrogens is 524 g/mol. The third-order valence-corrected chi connectivity index (χ3v) is 10.00. The maximum absolute atomic E-state index is 14.3. The predicted octanol–water partition coefficient (Wildman–Crippen LogP) is 5.34. The number of fused-ring (bicyclic) bond motifs is 6. The Labute approximate surface area is 235 Å². The molecule has 40 heavy (non-hydrogen) atoms. The molecule has 3 heterocycles. The van der Waals surface area contributed by atoms with Crippen LogP contribution in [0.5, 0.6) is 11.5 Å². The lowest BCUT2D eigenvalue weighted by molar-refractivity contribution is -0.142. The number of aryl methyl sites for hydroxylation is 2. The van der Waals surface area contributed by atoms with Crippen LogP contribution in [0.4, 0.5) is 5.00 Å². The number of esters is 1. The largest absolute Gasteiger partial charge is 0.497 e. The molecule has 0 N–H and O–H groups in total. The minimum atomic E-state index is -0.938. The van der Waals surface area contributed by atoms with Crippen LogP contribution in [0.1, 0.15) is 51.5 Å². The monoisotopic (exact) mass is 550 g/mol. The molecule has 2 aliphatic heterocycles. The first kappa shape index (κ1) is 24.8. The molecule has 0 unspecified atom stereocenters. The molecule has 1 saturated heterocycles. The van der Waals surface area contributed by atoms with Gasteiger partial charge in [0.15, 0.2) is 0 Å². The van der Waals surface area contributed by atoms with Gasteiger partial charge in [-0.3, -0.25) is 14.4 Å². The smallest absolute Gasteiger partial charge is 0.319 e. The number of methoxy groups -OCH3 is 1. The van der Waals surface area contributed by atoms with Gasteiger partial charge in [-0.2, -0.15) is 5.26 Å². The molecule has 0 spiro atoms. The zero-order chi connectivity index (χ0) is 27.7. The van der Waals surface area contributed by atoms with E-state index in [1.165, 1.54) is 16.2 Å². The van der Waals surface area contributed by atoms with Crippen LogP contribution in [0.2, 0.25) is 0 Å². The molecule has 200 valence electrons. The van der Waals surface area contributed by atoms with E-state index in [-0.39, 0.29) is 5.91 Å². The number of nitriles is 1. The van der Waals surface area contributed by atoms with Crippen LogP contribution in [-0.2, 0) is 27.2 Å². The van der Waals surface area contributed by atoms with E-state index in [1.54, 1.807) is 7.11 Å². The molecule has 7 rings (SSSR count). The highest BCUT2D eigenvalue weighted by Gasteiger charge is 2.61. The minimum Gasteiger partial charge on any atom is -0.497 e. The fraction of sp³-hybridized carbons (Fsp3) is 0.312. The number of carbonyl (C=O) groups is 3. The standard InChI is InChI=1S/C32H26N2O5S/c1-16-7-12-19-22-14-21(17-8-10-18(38-2)11-9-17)26-28(27(22)32(37)39-24(19)13-16)30(36)34(29(26)35)31-23(15-33)20-5-3-4-6-25(20)40-31/h7-14,21,26-28H,3-6H2,1-2H3/t21-,26+,27-,28+/m0/s1. The molecule has 1 fully saturated rings. The average Bonchev–Trinajstić information content (AvgIpc) is 3.46. The number of hydrogen-bond donors (Lipinski definition) is 0. The zero-order valence-electron chi connectivity index (χ0n) is 22.1. The van der Waals surface area contributed by atoms with Crippen molar-refractivity contribution >= 4 is 39.7 Å². The van der Waals surface area contributed by atoms with Gasteiger partial charge in [-0.15, -0.1) is 11.3 Å². The summed E-state index contributed by atoms with van der Waals surface area (Å²) in [6.45, 7) is 1.93. The molecule has 1 aromatic heterocycles. The van der Waals surface area contributed by atoms with E-state index in [0.717, 1.165) is 52.8 Å². The molecule has 4 atom stereocenters. The molecule has 0 bridgehead atoms. The van der Waals surface area contributed by atoms with Gasteiger partial charge in [-0.25, -0.2) is 4.90 Å². The van der Waals surface area contributed by atoms with Gasteiger partial charge in [0.05, 0.1) is 30.4 Å². The number of anilines is 1.